The summed E-state index contributed by atoms with van der Waals surface area (Å²) >= 11 is 0. The third-order valence-electron chi connectivity index (χ3n) is 7.58. The minimum atomic E-state index is -1.000. The van der Waals surface area contributed by atoms with Gasteiger partial charge in [-0.25, -0.2) is 0 Å². The minimum Gasteiger partial charge on any atom is -0.481 e. The Morgan fingerprint density at radius 2 is 1.22 bits per heavy atom. The van der Waals surface area contributed by atoms with E-state index in [9.17, 15) is 19.5 Å². The van der Waals surface area contributed by atoms with Gasteiger partial charge in [-0.2, -0.15) is 0 Å². The highest BCUT2D eigenvalue weighted by Gasteiger charge is 2.47. The summed E-state index contributed by atoms with van der Waals surface area (Å²) in [6.45, 7) is 8.06. The van der Waals surface area contributed by atoms with E-state index in [2.05, 4.69) is 13.8 Å². The summed E-state index contributed by atoms with van der Waals surface area (Å²) in [5, 5.41) is 9.27. The Morgan fingerprint density at radius 3 is 1.73 bits per heavy atom. The summed E-state index contributed by atoms with van der Waals surface area (Å²) < 4.78 is 33.3. The zero-order chi connectivity index (χ0) is 30.8. The van der Waals surface area contributed by atoms with E-state index >= 15 is 0 Å². The molecule has 0 amide bonds. The van der Waals surface area contributed by atoms with Crippen molar-refractivity contribution >= 4 is 17.9 Å². The van der Waals surface area contributed by atoms with E-state index in [0.29, 0.717) is 6.42 Å². The van der Waals surface area contributed by atoms with Gasteiger partial charge in [0.25, 0.3) is 0 Å². The molecule has 1 N–H and O–H groups in total. The number of aliphatic carboxylic acids is 1. The molecule has 0 aromatic carbocycles. The average Bonchev–Trinajstić information content (AvgIpc) is 2.88. The van der Waals surface area contributed by atoms with Crippen LogP contribution in [0.25, 0.3) is 0 Å². The van der Waals surface area contributed by atoms with Crippen molar-refractivity contribution in [2.75, 3.05) is 21.3 Å². The van der Waals surface area contributed by atoms with Crippen LogP contribution in [0.2, 0.25) is 0 Å². The molecule has 0 radical (unpaired) electrons. The third kappa shape index (κ3) is 15.3. The third-order valence-corrected chi connectivity index (χ3v) is 7.58. The Bertz CT molecular complexity index is 742. The summed E-state index contributed by atoms with van der Waals surface area (Å²) in [6, 6.07) is 0. The molecule has 0 aromatic heterocycles. The molecule has 0 aromatic rings. The first-order valence-electron chi connectivity index (χ1n) is 15.4. The lowest BCUT2D eigenvalue weighted by molar-refractivity contribution is -0.297. The normalized spacial score (nSPS) is 24.1. The number of carbonyl (C=O) groups excluding carboxylic acids is 2. The van der Waals surface area contributed by atoms with Crippen molar-refractivity contribution in [3.8, 4) is 0 Å². The lowest BCUT2D eigenvalue weighted by Crippen LogP contribution is -2.59. The fourth-order valence-electron chi connectivity index (χ4n) is 5.34. The number of methoxy groups -OCH3 is 3. The topological polar surface area (TPSA) is 127 Å². The second-order valence-electron chi connectivity index (χ2n) is 11.8. The van der Waals surface area contributed by atoms with Gasteiger partial charge in [-0.3, -0.25) is 14.4 Å². The van der Waals surface area contributed by atoms with Gasteiger partial charge in [0.05, 0.1) is 12.5 Å². The maximum atomic E-state index is 12.7. The smallest absolute Gasteiger partial charge is 0.308 e. The van der Waals surface area contributed by atoms with E-state index in [1.165, 1.54) is 52.7 Å². The van der Waals surface area contributed by atoms with Gasteiger partial charge >= 0.3 is 17.9 Å². The van der Waals surface area contributed by atoms with Crippen molar-refractivity contribution in [2.45, 2.75) is 148 Å². The highest BCUT2D eigenvalue weighted by Crippen LogP contribution is 2.28. The van der Waals surface area contributed by atoms with Crippen LogP contribution in [0.15, 0.2) is 0 Å². The first-order valence-corrected chi connectivity index (χ1v) is 15.4. The lowest BCUT2D eigenvalue weighted by Gasteiger charge is -2.43. The summed E-state index contributed by atoms with van der Waals surface area (Å²) in [6.07, 6.45) is 7.05. The van der Waals surface area contributed by atoms with E-state index in [1.54, 1.807) is 21.0 Å². The van der Waals surface area contributed by atoms with Crippen LogP contribution in [0.3, 0.4) is 0 Å². The predicted molar refractivity (Wildman–Crippen MR) is 154 cm³/mol. The van der Waals surface area contributed by atoms with Crippen molar-refractivity contribution in [3.63, 3.8) is 0 Å². The molecule has 1 heterocycles. The minimum absolute atomic E-state index is 0.0237. The van der Waals surface area contributed by atoms with Crippen LogP contribution in [0.1, 0.15) is 111 Å². The fourth-order valence-corrected chi connectivity index (χ4v) is 5.34. The molecule has 1 aliphatic heterocycles. The summed E-state index contributed by atoms with van der Waals surface area (Å²) in [4.78, 5) is 36.5. The van der Waals surface area contributed by atoms with Gasteiger partial charge in [-0.15, -0.1) is 0 Å². The molecule has 240 valence electrons. The van der Waals surface area contributed by atoms with E-state index in [-0.39, 0.29) is 25.2 Å². The molecular weight excluding hydrogens is 532 g/mol. The molecule has 1 fully saturated rings. The molecule has 0 spiro atoms. The Kier molecular flexibility index (Phi) is 19.1. The van der Waals surface area contributed by atoms with Crippen LogP contribution in [-0.4, -0.2) is 81.2 Å². The number of rotatable bonds is 22. The Labute approximate surface area is 247 Å². The van der Waals surface area contributed by atoms with Crippen LogP contribution in [0.4, 0.5) is 0 Å². The van der Waals surface area contributed by atoms with E-state index < -0.39 is 54.7 Å². The highest BCUT2D eigenvalue weighted by molar-refractivity contribution is 5.74. The van der Waals surface area contributed by atoms with Gasteiger partial charge in [-0.1, -0.05) is 72.1 Å². The van der Waals surface area contributed by atoms with Crippen LogP contribution in [0.5, 0.6) is 0 Å². The molecule has 1 rings (SSSR count). The van der Waals surface area contributed by atoms with Crippen molar-refractivity contribution in [1.29, 1.82) is 0 Å². The van der Waals surface area contributed by atoms with Crippen LogP contribution >= 0.6 is 0 Å². The Balaban J connectivity index is 2.41. The molecule has 1 aliphatic rings. The molecule has 10 nitrogen and oxygen atoms in total. The van der Waals surface area contributed by atoms with Gasteiger partial charge in [0, 0.05) is 34.2 Å². The molecule has 41 heavy (non-hydrogen) atoms. The number of hydrogen-bond donors (Lipinski definition) is 1. The fraction of sp³-hybridized carbons (Fsp3) is 0.903. The average molecular weight is 589 g/mol. The maximum absolute atomic E-state index is 12.7. The molecular formula is C31H56O10. The molecule has 7 unspecified atom stereocenters. The number of unbranched alkanes of at least 4 members (excludes halogenated alkanes) is 7. The first-order chi connectivity index (χ1) is 19.5. The standard InChI is InChI=1S/C31H56O10/c1-21(2)16-14-12-10-8-9-11-13-15-17-24(20-25(32)33)40-26(34)18-22(3)19-27(35)41-31-30(38-7)29(37-6)28(36-5)23(4)39-31/h21-24,28-31H,8-20H2,1-7H3,(H,32,33). The van der Waals surface area contributed by atoms with Gasteiger partial charge in [0.1, 0.15) is 24.4 Å². The largest absolute Gasteiger partial charge is 0.481 e. The van der Waals surface area contributed by atoms with Crippen LogP contribution in [-0.2, 0) is 42.8 Å². The first kappa shape index (κ1) is 37.3. The number of carboxylic acid groups (broad SMARTS) is 1. The van der Waals surface area contributed by atoms with Crippen molar-refractivity contribution in [3.05, 3.63) is 0 Å². The molecule has 0 bridgehead atoms. The number of ether oxygens (including phenoxy) is 6. The SMILES string of the molecule is COC1C(C)OC(OC(=O)CC(C)CC(=O)OC(CCCCCCCCCCC(C)C)CC(=O)O)C(OC)C1OC. The zero-order valence-electron chi connectivity index (χ0n) is 26.4. The summed E-state index contributed by atoms with van der Waals surface area (Å²) in [5.74, 6) is -1.66. The van der Waals surface area contributed by atoms with Crippen molar-refractivity contribution < 1.29 is 47.9 Å². The van der Waals surface area contributed by atoms with Gasteiger partial charge in [0.15, 0.2) is 0 Å². The Morgan fingerprint density at radius 1 is 0.707 bits per heavy atom. The molecule has 0 aliphatic carbocycles. The zero-order valence-corrected chi connectivity index (χ0v) is 26.4. The number of carbonyl (C=O) groups is 3. The van der Waals surface area contributed by atoms with E-state index in [4.69, 9.17) is 28.4 Å². The summed E-state index contributed by atoms with van der Waals surface area (Å²) in [5.41, 5.74) is 0. The lowest BCUT2D eigenvalue weighted by atomic mass is 9.99. The number of carboxylic acids is 1. The van der Waals surface area contributed by atoms with E-state index in [0.717, 1.165) is 25.2 Å². The molecule has 1 saturated heterocycles. The van der Waals surface area contributed by atoms with Gasteiger partial charge in [-0.05, 0) is 31.6 Å². The molecule has 10 heteroatoms. The van der Waals surface area contributed by atoms with Crippen LogP contribution in [0, 0.1) is 11.8 Å². The second kappa shape index (κ2) is 21.0. The number of hydrogen-bond acceptors (Lipinski definition) is 9. The monoisotopic (exact) mass is 588 g/mol. The highest BCUT2D eigenvalue weighted by atomic mass is 16.7. The predicted octanol–water partition coefficient (Wildman–Crippen LogP) is 5.68. The van der Waals surface area contributed by atoms with Gasteiger partial charge < -0.3 is 33.5 Å². The Hall–Kier alpha value is -1.75. The number of esters is 2. The van der Waals surface area contributed by atoms with Crippen LogP contribution < -0.4 is 0 Å². The van der Waals surface area contributed by atoms with Gasteiger partial charge in [0.2, 0.25) is 6.29 Å². The maximum Gasteiger partial charge on any atom is 0.308 e. The molecule has 7 atom stereocenters. The van der Waals surface area contributed by atoms with Crippen molar-refractivity contribution in [1.82, 2.24) is 0 Å². The van der Waals surface area contributed by atoms with Crippen molar-refractivity contribution in [2.24, 2.45) is 11.8 Å². The quantitative estimate of drug-likeness (QED) is 0.125. The van der Waals surface area contributed by atoms with E-state index in [1.807, 2.05) is 0 Å². The molecule has 0 saturated carbocycles. The summed E-state index contributed by atoms with van der Waals surface area (Å²) in [7, 11) is 4.56. The second-order valence-corrected chi connectivity index (χ2v) is 11.8.